The van der Waals surface area contributed by atoms with E-state index in [-0.39, 0.29) is 17.4 Å². The van der Waals surface area contributed by atoms with Gasteiger partial charge in [0.2, 0.25) is 5.91 Å². The third-order valence-corrected chi connectivity index (χ3v) is 6.00. The van der Waals surface area contributed by atoms with E-state index in [4.69, 9.17) is 0 Å². The van der Waals surface area contributed by atoms with Crippen molar-refractivity contribution in [1.82, 2.24) is 9.47 Å². The van der Waals surface area contributed by atoms with E-state index in [0.717, 1.165) is 30.8 Å². The number of benzene rings is 2. The molecule has 2 aromatic carbocycles. The number of hydrogen-bond donors (Lipinski definition) is 0. The van der Waals surface area contributed by atoms with Gasteiger partial charge in [0.05, 0.1) is 6.42 Å². The second-order valence-electron chi connectivity index (χ2n) is 7.86. The molecule has 4 nitrogen and oxygen atoms in total. The Morgan fingerprint density at radius 2 is 1.78 bits per heavy atom. The normalized spacial score (nSPS) is 21.1. The lowest BCUT2D eigenvalue weighted by atomic mass is 9.83. The largest absolute Gasteiger partial charge is 0.341 e. The highest BCUT2D eigenvalue weighted by atomic mass is 16.2. The molecule has 1 amide bonds. The van der Waals surface area contributed by atoms with Crippen LogP contribution in [0.4, 0.5) is 0 Å². The summed E-state index contributed by atoms with van der Waals surface area (Å²) in [5, 5.41) is 2.37. The standard InChI is InChI=1S/C23H22N2O2/c26-22-7-3-6-21-20-11-17(14-25(21)22)13-24(15-20)23(27)12-16-8-9-18-4-1-2-5-19(18)10-16/h1-10,17,20H,11-15H2/t17-,20+/m0/s1. The maximum absolute atomic E-state index is 13.0. The van der Waals surface area contributed by atoms with Crippen LogP contribution >= 0.6 is 0 Å². The van der Waals surface area contributed by atoms with Crippen molar-refractivity contribution in [2.45, 2.75) is 25.3 Å². The molecule has 3 heterocycles. The zero-order valence-electron chi connectivity index (χ0n) is 15.2. The first kappa shape index (κ1) is 16.3. The molecule has 2 aliphatic rings. The van der Waals surface area contributed by atoms with Gasteiger partial charge in [-0.05, 0) is 34.7 Å². The first-order chi connectivity index (χ1) is 13.2. The number of carbonyl (C=O) groups excluding carboxylic acids is 1. The van der Waals surface area contributed by atoms with Gasteiger partial charge in [0.15, 0.2) is 0 Å². The summed E-state index contributed by atoms with van der Waals surface area (Å²) in [5.74, 6) is 0.829. The molecule has 2 aliphatic heterocycles. The first-order valence-corrected chi connectivity index (χ1v) is 9.62. The van der Waals surface area contributed by atoms with Gasteiger partial charge < -0.3 is 9.47 Å². The van der Waals surface area contributed by atoms with E-state index in [9.17, 15) is 9.59 Å². The van der Waals surface area contributed by atoms with Crippen LogP contribution in [0.1, 0.15) is 23.6 Å². The predicted octanol–water partition coefficient (Wildman–Crippen LogP) is 3.19. The second kappa shape index (κ2) is 6.38. The third kappa shape index (κ3) is 2.95. The van der Waals surface area contributed by atoms with Gasteiger partial charge in [-0.15, -0.1) is 0 Å². The molecule has 1 saturated heterocycles. The highest BCUT2D eigenvalue weighted by Gasteiger charge is 2.36. The Bertz CT molecular complexity index is 1080. The van der Waals surface area contributed by atoms with Crippen molar-refractivity contribution >= 4 is 16.7 Å². The summed E-state index contributed by atoms with van der Waals surface area (Å²) < 4.78 is 1.91. The Kier molecular flexibility index (Phi) is 3.85. The Hall–Kier alpha value is -2.88. The van der Waals surface area contributed by atoms with Gasteiger partial charge >= 0.3 is 0 Å². The molecule has 2 bridgehead atoms. The molecular formula is C23H22N2O2. The van der Waals surface area contributed by atoms with Crippen molar-refractivity contribution in [3.8, 4) is 0 Å². The first-order valence-electron chi connectivity index (χ1n) is 9.62. The van der Waals surface area contributed by atoms with Crippen LogP contribution in [-0.4, -0.2) is 28.5 Å². The van der Waals surface area contributed by atoms with Gasteiger partial charge in [0.1, 0.15) is 0 Å². The smallest absolute Gasteiger partial charge is 0.250 e. The number of fused-ring (bicyclic) bond motifs is 5. The third-order valence-electron chi connectivity index (χ3n) is 6.00. The fraction of sp³-hybridized carbons (Fsp3) is 0.304. The molecule has 1 aromatic heterocycles. The topological polar surface area (TPSA) is 42.3 Å². The minimum absolute atomic E-state index is 0.0816. The van der Waals surface area contributed by atoms with Gasteiger partial charge in [-0.2, -0.15) is 0 Å². The maximum Gasteiger partial charge on any atom is 0.250 e. The molecule has 136 valence electrons. The molecule has 0 spiro atoms. The Morgan fingerprint density at radius 3 is 2.67 bits per heavy atom. The summed E-state index contributed by atoms with van der Waals surface area (Å²) in [4.78, 5) is 27.1. The fourth-order valence-electron chi connectivity index (χ4n) is 4.74. The number of aromatic nitrogens is 1. The molecule has 5 rings (SSSR count). The van der Waals surface area contributed by atoms with Gasteiger partial charge in [0.25, 0.3) is 5.56 Å². The molecule has 0 unspecified atom stereocenters. The number of amides is 1. The summed E-state index contributed by atoms with van der Waals surface area (Å²) in [5.41, 5.74) is 2.23. The monoisotopic (exact) mass is 358 g/mol. The SMILES string of the molecule is O=C(Cc1ccc2ccccc2c1)N1C[C@@H]2C[C@H](C1)c1cccc(=O)n1C2. The molecule has 27 heavy (non-hydrogen) atoms. The van der Waals surface area contributed by atoms with E-state index in [2.05, 4.69) is 30.3 Å². The van der Waals surface area contributed by atoms with Gasteiger partial charge in [0, 0.05) is 37.3 Å². The zero-order chi connectivity index (χ0) is 18.4. The average molecular weight is 358 g/mol. The van der Waals surface area contributed by atoms with E-state index in [1.807, 2.05) is 33.7 Å². The number of pyridine rings is 1. The van der Waals surface area contributed by atoms with Crippen LogP contribution < -0.4 is 5.56 Å². The predicted molar refractivity (Wildman–Crippen MR) is 106 cm³/mol. The summed E-state index contributed by atoms with van der Waals surface area (Å²) in [6, 6.07) is 20.0. The zero-order valence-corrected chi connectivity index (χ0v) is 15.2. The van der Waals surface area contributed by atoms with Gasteiger partial charge in [-0.1, -0.05) is 48.5 Å². The Balaban J connectivity index is 1.36. The lowest BCUT2D eigenvalue weighted by Gasteiger charge is -2.42. The number of nitrogens with zero attached hydrogens (tertiary/aromatic N) is 2. The van der Waals surface area contributed by atoms with Crippen LogP contribution in [0.3, 0.4) is 0 Å². The van der Waals surface area contributed by atoms with E-state index < -0.39 is 0 Å². The lowest BCUT2D eigenvalue weighted by Crippen LogP contribution is -2.49. The molecule has 4 heteroatoms. The van der Waals surface area contributed by atoms with Gasteiger partial charge in [-0.25, -0.2) is 0 Å². The van der Waals surface area contributed by atoms with Crippen molar-refractivity contribution < 1.29 is 4.79 Å². The number of carbonyl (C=O) groups is 1. The number of piperidine rings is 1. The van der Waals surface area contributed by atoms with Crippen LogP contribution in [0.2, 0.25) is 0 Å². The minimum atomic E-state index is 0.0816. The van der Waals surface area contributed by atoms with Crippen LogP contribution in [0.25, 0.3) is 10.8 Å². The molecule has 1 fully saturated rings. The quantitative estimate of drug-likeness (QED) is 0.706. The summed E-state index contributed by atoms with van der Waals surface area (Å²) in [6.45, 7) is 2.20. The molecule has 0 N–H and O–H groups in total. The molecule has 0 saturated carbocycles. The van der Waals surface area contributed by atoms with Crippen molar-refractivity contribution in [1.29, 1.82) is 0 Å². The molecule has 0 radical (unpaired) electrons. The van der Waals surface area contributed by atoms with Crippen molar-refractivity contribution in [2.75, 3.05) is 13.1 Å². The lowest BCUT2D eigenvalue weighted by molar-refractivity contribution is -0.133. The summed E-state index contributed by atoms with van der Waals surface area (Å²) >= 11 is 0. The van der Waals surface area contributed by atoms with Crippen LogP contribution in [0.15, 0.2) is 65.5 Å². The molecule has 2 atom stereocenters. The van der Waals surface area contributed by atoms with E-state index in [0.29, 0.717) is 18.9 Å². The molecule has 0 aliphatic carbocycles. The van der Waals surface area contributed by atoms with Crippen molar-refractivity contribution in [2.24, 2.45) is 5.92 Å². The van der Waals surface area contributed by atoms with E-state index in [1.165, 1.54) is 10.8 Å². The molecular weight excluding hydrogens is 336 g/mol. The number of hydrogen-bond acceptors (Lipinski definition) is 2. The van der Waals surface area contributed by atoms with E-state index >= 15 is 0 Å². The van der Waals surface area contributed by atoms with Crippen LogP contribution in [0.5, 0.6) is 0 Å². The minimum Gasteiger partial charge on any atom is -0.341 e. The highest BCUT2D eigenvalue weighted by Crippen LogP contribution is 2.35. The van der Waals surface area contributed by atoms with E-state index in [1.54, 1.807) is 6.07 Å². The van der Waals surface area contributed by atoms with Crippen LogP contribution in [-0.2, 0) is 17.8 Å². The second-order valence-corrected chi connectivity index (χ2v) is 7.86. The number of rotatable bonds is 2. The van der Waals surface area contributed by atoms with Gasteiger partial charge in [-0.3, -0.25) is 9.59 Å². The summed E-state index contributed by atoms with van der Waals surface area (Å²) in [7, 11) is 0. The Labute approximate surface area is 158 Å². The highest BCUT2D eigenvalue weighted by molar-refractivity contribution is 5.85. The Morgan fingerprint density at radius 1 is 0.926 bits per heavy atom. The number of likely N-dealkylation sites (tertiary alicyclic amines) is 1. The van der Waals surface area contributed by atoms with Crippen molar-refractivity contribution in [3.05, 3.63) is 82.3 Å². The fourth-order valence-corrected chi connectivity index (χ4v) is 4.74. The van der Waals surface area contributed by atoms with Crippen molar-refractivity contribution in [3.63, 3.8) is 0 Å². The summed E-state index contributed by atoms with van der Waals surface area (Å²) in [6.07, 6.45) is 1.51. The molecule has 3 aromatic rings. The van der Waals surface area contributed by atoms with Crippen LogP contribution in [0, 0.1) is 5.92 Å². The maximum atomic E-state index is 13.0. The average Bonchev–Trinajstić information content (AvgIpc) is 2.68.